The van der Waals surface area contributed by atoms with Crippen molar-refractivity contribution in [3.05, 3.63) is 76.4 Å². The van der Waals surface area contributed by atoms with Gasteiger partial charge in [-0.25, -0.2) is 15.8 Å². The number of rotatable bonds is 4. The highest BCUT2D eigenvalue weighted by molar-refractivity contribution is 9.10. The molecule has 2 aromatic carbocycles. The van der Waals surface area contributed by atoms with Crippen molar-refractivity contribution < 1.29 is 4.79 Å². The van der Waals surface area contributed by atoms with Crippen molar-refractivity contribution in [2.45, 2.75) is 6.04 Å². The highest BCUT2D eigenvalue weighted by Crippen LogP contribution is 2.24. The molecule has 27 heavy (non-hydrogen) atoms. The second kappa shape index (κ2) is 7.96. The van der Waals surface area contributed by atoms with Gasteiger partial charge in [0.05, 0.1) is 11.6 Å². The predicted octanol–water partition coefficient (Wildman–Crippen LogP) is 3.18. The lowest BCUT2D eigenvalue weighted by Crippen LogP contribution is -2.25. The van der Waals surface area contributed by atoms with Gasteiger partial charge in [-0.3, -0.25) is 10.2 Å². The molecule has 1 fully saturated rings. The molecule has 0 saturated carbocycles. The molecule has 1 aliphatic heterocycles. The molecule has 6 nitrogen and oxygen atoms in total. The Morgan fingerprint density at radius 2 is 1.96 bits per heavy atom. The molecule has 0 aliphatic carbocycles. The summed E-state index contributed by atoms with van der Waals surface area (Å²) in [5.74, 6) is -0.202. The van der Waals surface area contributed by atoms with Gasteiger partial charge in [-0.1, -0.05) is 52.3 Å². The van der Waals surface area contributed by atoms with Crippen LogP contribution in [0, 0.1) is 5.92 Å². The Bertz CT molecular complexity index is 989. The molecule has 0 bridgehead atoms. The number of nitrogens with one attached hydrogen (secondary N) is 3. The van der Waals surface area contributed by atoms with Crippen LogP contribution in [0.5, 0.6) is 0 Å². The lowest BCUT2D eigenvalue weighted by Gasteiger charge is -2.15. The number of halogens is 1. The standard InChI is InChI=1S/C20H18BrN5O/c21-16-8-5-14(6-9-16)19-15(11-22-25-19)12-23-26-20(27)18-10-7-13-3-1-2-4-17(13)24-18/h1-10,12,15,19,22,25H,11H2,(H,26,27)/b23-12+. The van der Waals surface area contributed by atoms with E-state index in [-0.39, 0.29) is 17.9 Å². The van der Waals surface area contributed by atoms with Crippen LogP contribution in [0.1, 0.15) is 22.1 Å². The molecule has 1 aromatic heterocycles. The summed E-state index contributed by atoms with van der Waals surface area (Å²) in [6, 6.07) is 19.5. The van der Waals surface area contributed by atoms with Crippen molar-refractivity contribution in [3.8, 4) is 0 Å². The summed E-state index contributed by atoms with van der Waals surface area (Å²) in [7, 11) is 0. The topological polar surface area (TPSA) is 78.4 Å². The molecule has 0 spiro atoms. The number of hydrogen-bond acceptors (Lipinski definition) is 5. The first-order valence-electron chi connectivity index (χ1n) is 8.64. The molecular formula is C20H18BrN5O. The van der Waals surface area contributed by atoms with E-state index in [9.17, 15) is 4.79 Å². The smallest absolute Gasteiger partial charge is 0.266 e. The van der Waals surface area contributed by atoms with Gasteiger partial charge >= 0.3 is 0 Å². The number of amides is 1. The van der Waals surface area contributed by atoms with Crippen molar-refractivity contribution in [1.82, 2.24) is 21.3 Å². The summed E-state index contributed by atoms with van der Waals surface area (Å²) in [6.45, 7) is 0.730. The number of carbonyl (C=O) groups is 1. The predicted molar refractivity (Wildman–Crippen MR) is 109 cm³/mol. The molecule has 3 aromatic rings. The van der Waals surface area contributed by atoms with Crippen LogP contribution in [-0.4, -0.2) is 23.7 Å². The zero-order chi connectivity index (χ0) is 18.6. The molecule has 1 amide bonds. The van der Waals surface area contributed by atoms with E-state index in [1.54, 1.807) is 12.3 Å². The number of fused-ring (bicyclic) bond motifs is 1. The highest BCUT2D eigenvalue weighted by Gasteiger charge is 2.26. The number of carbonyl (C=O) groups excluding carboxylic acids is 1. The lowest BCUT2D eigenvalue weighted by atomic mass is 9.96. The number of pyridine rings is 1. The first-order chi connectivity index (χ1) is 13.2. The van der Waals surface area contributed by atoms with E-state index in [0.717, 1.165) is 27.5 Å². The maximum atomic E-state index is 12.3. The normalized spacial score (nSPS) is 19.6. The van der Waals surface area contributed by atoms with Gasteiger partial charge in [0, 0.05) is 28.5 Å². The fraction of sp³-hybridized carbons (Fsp3) is 0.150. The van der Waals surface area contributed by atoms with Crippen molar-refractivity contribution in [2.75, 3.05) is 6.54 Å². The molecule has 2 unspecified atom stereocenters. The van der Waals surface area contributed by atoms with E-state index in [0.29, 0.717) is 5.69 Å². The Morgan fingerprint density at radius 3 is 2.81 bits per heavy atom. The first-order valence-corrected chi connectivity index (χ1v) is 9.43. The highest BCUT2D eigenvalue weighted by atomic mass is 79.9. The Kier molecular flexibility index (Phi) is 5.24. The molecular weight excluding hydrogens is 406 g/mol. The number of hydrogen-bond donors (Lipinski definition) is 3. The van der Waals surface area contributed by atoms with E-state index in [1.807, 2.05) is 42.5 Å². The molecule has 1 saturated heterocycles. The molecule has 1 aliphatic rings. The quantitative estimate of drug-likeness (QED) is 0.444. The minimum absolute atomic E-state index is 0.0949. The van der Waals surface area contributed by atoms with Gasteiger partial charge in [0.15, 0.2) is 0 Å². The van der Waals surface area contributed by atoms with Gasteiger partial charge in [-0.05, 0) is 29.8 Å². The molecule has 2 atom stereocenters. The van der Waals surface area contributed by atoms with Gasteiger partial charge < -0.3 is 0 Å². The van der Waals surface area contributed by atoms with E-state index in [4.69, 9.17) is 0 Å². The Balaban J connectivity index is 1.42. The third-order valence-electron chi connectivity index (χ3n) is 4.52. The van der Waals surface area contributed by atoms with E-state index < -0.39 is 0 Å². The average Bonchev–Trinajstić information content (AvgIpc) is 3.16. The van der Waals surface area contributed by atoms with E-state index >= 15 is 0 Å². The second-order valence-electron chi connectivity index (χ2n) is 6.33. The summed E-state index contributed by atoms with van der Waals surface area (Å²) in [5, 5.41) is 5.15. The summed E-state index contributed by atoms with van der Waals surface area (Å²) < 4.78 is 1.04. The SMILES string of the molecule is O=C(N/N=C/C1CNNC1c1ccc(Br)cc1)c1ccc2ccccc2n1. The number of hydrazone groups is 1. The number of benzene rings is 2. The molecule has 3 N–H and O–H groups in total. The van der Waals surface area contributed by atoms with Gasteiger partial charge in [0.1, 0.15) is 5.69 Å². The number of aromatic nitrogens is 1. The fourth-order valence-electron chi connectivity index (χ4n) is 3.09. The summed E-state index contributed by atoms with van der Waals surface area (Å²) in [5.41, 5.74) is 11.3. The van der Waals surface area contributed by atoms with Crippen molar-refractivity contribution in [2.24, 2.45) is 11.0 Å². The number of para-hydroxylation sites is 1. The Labute approximate surface area is 165 Å². The third-order valence-corrected chi connectivity index (χ3v) is 5.04. The second-order valence-corrected chi connectivity index (χ2v) is 7.24. The van der Waals surface area contributed by atoms with E-state index in [1.165, 1.54) is 0 Å². The van der Waals surface area contributed by atoms with Crippen LogP contribution in [0.4, 0.5) is 0 Å². The monoisotopic (exact) mass is 423 g/mol. The molecule has 136 valence electrons. The van der Waals surface area contributed by atoms with Crippen LogP contribution in [0.3, 0.4) is 0 Å². The van der Waals surface area contributed by atoms with Crippen LogP contribution >= 0.6 is 15.9 Å². The van der Waals surface area contributed by atoms with Crippen LogP contribution in [-0.2, 0) is 0 Å². The molecule has 0 radical (unpaired) electrons. The average molecular weight is 424 g/mol. The van der Waals surface area contributed by atoms with Gasteiger partial charge in [-0.15, -0.1) is 0 Å². The Hall–Kier alpha value is -2.61. The summed E-state index contributed by atoms with van der Waals surface area (Å²) in [4.78, 5) is 16.7. The minimum atomic E-state index is -0.323. The van der Waals surface area contributed by atoms with Crippen LogP contribution in [0.25, 0.3) is 10.9 Å². The zero-order valence-electron chi connectivity index (χ0n) is 14.4. The summed E-state index contributed by atoms with van der Waals surface area (Å²) >= 11 is 3.45. The van der Waals surface area contributed by atoms with Crippen molar-refractivity contribution in [3.63, 3.8) is 0 Å². The largest absolute Gasteiger partial charge is 0.289 e. The third kappa shape index (κ3) is 4.05. The maximum Gasteiger partial charge on any atom is 0.289 e. The number of hydrazine groups is 1. The van der Waals surface area contributed by atoms with Crippen molar-refractivity contribution in [1.29, 1.82) is 0 Å². The Morgan fingerprint density at radius 1 is 1.15 bits per heavy atom. The molecule has 4 rings (SSSR count). The van der Waals surface area contributed by atoms with Crippen molar-refractivity contribution >= 4 is 39.0 Å². The van der Waals surface area contributed by atoms with E-state index in [2.05, 4.69) is 54.4 Å². The zero-order valence-corrected chi connectivity index (χ0v) is 16.0. The first kappa shape index (κ1) is 17.8. The minimum Gasteiger partial charge on any atom is -0.266 e. The van der Waals surface area contributed by atoms with Gasteiger partial charge in [0.25, 0.3) is 5.91 Å². The van der Waals surface area contributed by atoms with Gasteiger partial charge in [-0.2, -0.15) is 5.10 Å². The van der Waals surface area contributed by atoms with Crippen LogP contribution in [0.15, 0.2) is 70.2 Å². The summed E-state index contributed by atoms with van der Waals surface area (Å²) in [6.07, 6.45) is 1.76. The van der Waals surface area contributed by atoms with Gasteiger partial charge in [0.2, 0.25) is 0 Å². The van der Waals surface area contributed by atoms with Crippen LogP contribution < -0.4 is 16.3 Å². The fourth-order valence-corrected chi connectivity index (χ4v) is 3.36. The lowest BCUT2D eigenvalue weighted by molar-refractivity contribution is 0.0950. The molecule has 2 heterocycles. The van der Waals surface area contributed by atoms with Crippen LogP contribution in [0.2, 0.25) is 0 Å². The molecule has 7 heteroatoms. The number of nitrogens with zero attached hydrogens (tertiary/aromatic N) is 2. The maximum absolute atomic E-state index is 12.3.